The molecule has 2 atom stereocenters. The molecule has 1 rings (SSSR count). The number of aryl methyl sites for hydroxylation is 1. The summed E-state index contributed by atoms with van der Waals surface area (Å²) in [4.78, 5) is 26.3. The first-order valence-corrected chi connectivity index (χ1v) is 5.83. The third kappa shape index (κ3) is 4.59. The number of nitrogens with zero attached hydrogens (tertiary/aromatic N) is 2. The molecule has 0 fully saturated rings. The van der Waals surface area contributed by atoms with Gasteiger partial charge in [-0.1, -0.05) is 0 Å². The lowest BCUT2D eigenvalue weighted by Gasteiger charge is -2.17. The van der Waals surface area contributed by atoms with Crippen molar-refractivity contribution < 1.29 is 19.8 Å². The van der Waals surface area contributed by atoms with Crippen molar-refractivity contribution in [2.45, 2.75) is 25.5 Å². The number of rotatable bonds is 6. The zero-order valence-electron chi connectivity index (χ0n) is 10.8. The van der Waals surface area contributed by atoms with Crippen LogP contribution in [0.15, 0.2) is 12.4 Å². The SMILES string of the molecule is C[C@@H](O)[C@H](NC(=O)NCCc1nccn1C)C(=O)O. The van der Waals surface area contributed by atoms with Crippen LogP contribution < -0.4 is 10.6 Å². The maximum Gasteiger partial charge on any atom is 0.328 e. The van der Waals surface area contributed by atoms with Crippen molar-refractivity contribution in [3.8, 4) is 0 Å². The smallest absolute Gasteiger partial charge is 0.328 e. The minimum Gasteiger partial charge on any atom is -0.480 e. The van der Waals surface area contributed by atoms with Crippen LogP contribution >= 0.6 is 0 Å². The lowest BCUT2D eigenvalue weighted by atomic mass is 10.2. The van der Waals surface area contributed by atoms with Crippen molar-refractivity contribution in [2.24, 2.45) is 7.05 Å². The summed E-state index contributed by atoms with van der Waals surface area (Å²) >= 11 is 0. The van der Waals surface area contributed by atoms with E-state index in [1.807, 2.05) is 11.6 Å². The molecule has 2 amide bonds. The van der Waals surface area contributed by atoms with Gasteiger partial charge in [-0.3, -0.25) is 0 Å². The van der Waals surface area contributed by atoms with E-state index >= 15 is 0 Å². The number of carboxylic acid groups (broad SMARTS) is 1. The first kappa shape index (κ1) is 15.0. The van der Waals surface area contributed by atoms with Gasteiger partial charge >= 0.3 is 12.0 Å². The van der Waals surface area contributed by atoms with E-state index in [9.17, 15) is 14.7 Å². The molecular weight excluding hydrogens is 252 g/mol. The number of carbonyl (C=O) groups excluding carboxylic acids is 1. The molecule has 8 heteroatoms. The molecule has 1 aromatic rings. The van der Waals surface area contributed by atoms with E-state index in [1.165, 1.54) is 6.92 Å². The minimum atomic E-state index is -1.33. The quantitative estimate of drug-likeness (QED) is 0.534. The van der Waals surface area contributed by atoms with Gasteiger partial charge in [-0.15, -0.1) is 0 Å². The molecule has 0 unspecified atom stereocenters. The number of nitrogens with one attached hydrogen (secondary N) is 2. The van der Waals surface area contributed by atoms with Gasteiger partial charge in [0.15, 0.2) is 6.04 Å². The number of amides is 2. The summed E-state index contributed by atoms with van der Waals surface area (Å²) < 4.78 is 1.83. The van der Waals surface area contributed by atoms with Crippen LogP contribution in [0, 0.1) is 0 Å². The summed E-state index contributed by atoms with van der Waals surface area (Å²) in [5.41, 5.74) is 0. The van der Waals surface area contributed by atoms with Crippen LogP contribution in [-0.2, 0) is 18.3 Å². The van der Waals surface area contributed by atoms with Crippen molar-refractivity contribution in [3.63, 3.8) is 0 Å². The van der Waals surface area contributed by atoms with Crippen molar-refractivity contribution in [2.75, 3.05) is 6.54 Å². The largest absolute Gasteiger partial charge is 0.480 e. The van der Waals surface area contributed by atoms with Gasteiger partial charge in [0.25, 0.3) is 0 Å². The number of aliphatic carboxylic acids is 1. The van der Waals surface area contributed by atoms with Crippen LogP contribution in [0.2, 0.25) is 0 Å². The normalized spacial score (nSPS) is 13.6. The van der Waals surface area contributed by atoms with Crippen molar-refractivity contribution in [3.05, 3.63) is 18.2 Å². The fourth-order valence-corrected chi connectivity index (χ4v) is 1.51. The number of hydrogen-bond donors (Lipinski definition) is 4. The summed E-state index contributed by atoms with van der Waals surface area (Å²) in [6, 6.07) is -1.96. The molecule has 0 aliphatic heterocycles. The fourth-order valence-electron chi connectivity index (χ4n) is 1.51. The second-order valence-electron chi connectivity index (χ2n) is 4.16. The van der Waals surface area contributed by atoms with Crippen molar-refractivity contribution >= 4 is 12.0 Å². The summed E-state index contributed by atoms with van der Waals surface area (Å²) in [6.07, 6.45) is 2.81. The van der Waals surface area contributed by atoms with Gasteiger partial charge in [0.2, 0.25) is 0 Å². The van der Waals surface area contributed by atoms with Gasteiger partial charge in [0.1, 0.15) is 5.82 Å². The molecule has 8 nitrogen and oxygen atoms in total. The molecule has 4 N–H and O–H groups in total. The van der Waals surface area contributed by atoms with Crippen LogP contribution in [-0.4, -0.2) is 50.5 Å². The fraction of sp³-hybridized carbons (Fsp3) is 0.545. The molecule has 0 spiro atoms. The lowest BCUT2D eigenvalue weighted by molar-refractivity contribution is -0.141. The van der Waals surface area contributed by atoms with Crippen LogP contribution in [0.4, 0.5) is 4.79 Å². The van der Waals surface area contributed by atoms with E-state index in [2.05, 4.69) is 15.6 Å². The average Bonchev–Trinajstić information content (AvgIpc) is 2.71. The Labute approximate surface area is 110 Å². The second-order valence-corrected chi connectivity index (χ2v) is 4.16. The van der Waals surface area contributed by atoms with E-state index in [4.69, 9.17) is 5.11 Å². The van der Waals surface area contributed by atoms with Gasteiger partial charge in [-0.2, -0.15) is 0 Å². The van der Waals surface area contributed by atoms with E-state index < -0.39 is 24.1 Å². The predicted molar refractivity (Wildman–Crippen MR) is 66.6 cm³/mol. The summed E-state index contributed by atoms with van der Waals surface area (Å²) in [6.45, 7) is 1.62. The van der Waals surface area contributed by atoms with Gasteiger partial charge in [0.05, 0.1) is 6.10 Å². The van der Waals surface area contributed by atoms with Gasteiger partial charge in [0, 0.05) is 32.4 Å². The molecule has 19 heavy (non-hydrogen) atoms. The van der Waals surface area contributed by atoms with Crippen LogP contribution in [0.3, 0.4) is 0 Å². The van der Waals surface area contributed by atoms with E-state index in [1.54, 1.807) is 12.4 Å². The Hall–Kier alpha value is -2.09. The Morgan fingerprint density at radius 2 is 2.21 bits per heavy atom. The van der Waals surface area contributed by atoms with Gasteiger partial charge in [-0.05, 0) is 6.92 Å². The predicted octanol–water partition coefficient (Wildman–Crippen LogP) is -0.904. The molecule has 0 radical (unpaired) electrons. The number of aromatic nitrogens is 2. The number of hydrogen-bond acceptors (Lipinski definition) is 4. The van der Waals surface area contributed by atoms with E-state index in [0.717, 1.165) is 5.82 Å². The molecular formula is C11H18N4O4. The summed E-state index contributed by atoms with van der Waals surface area (Å²) in [5.74, 6) is -0.472. The number of carbonyl (C=O) groups is 2. The zero-order valence-corrected chi connectivity index (χ0v) is 10.8. The summed E-state index contributed by atoms with van der Waals surface area (Å²) in [7, 11) is 1.84. The maximum absolute atomic E-state index is 11.5. The Morgan fingerprint density at radius 3 is 2.68 bits per heavy atom. The highest BCUT2D eigenvalue weighted by molar-refractivity contribution is 5.82. The number of urea groups is 1. The molecule has 0 aliphatic rings. The Bertz CT molecular complexity index is 444. The standard InChI is InChI=1S/C11H18N4O4/c1-7(16)9(10(17)18)14-11(19)13-4-3-8-12-5-6-15(8)2/h5-7,9,16H,3-4H2,1-2H3,(H,17,18)(H2,13,14,19)/t7-,9+/m1/s1. The summed E-state index contributed by atoms with van der Waals surface area (Å²) in [5, 5.41) is 22.7. The minimum absolute atomic E-state index is 0.322. The van der Waals surface area contributed by atoms with E-state index in [-0.39, 0.29) is 0 Å². The lowest BCUT2D eigenvalue weighted by Crippen LogP contribution is -2.51. The Kier molecular flexibility index (Phi) is 5.31. The highest BCUT2D eigenvalue weighted by atomic mass is 16.4. The van der Waals surface area contributed by atoms with Crippen molar-refractivity contribution in [1.82, 2.24) is 20.2 Å². The molecule has 1 heterocycles. The van der Waals surface area contributed by atoms with Gasteiger partial charge in [-0.25, -0.2) is 14.6 Å². The van der Waals surface area contributed by atoms with Crippen LogP contribution in [0.5, 0.6) is 0 Å². The molecule has 106 valence electrons. The van der Waals surface area contributed by atoms with Crippen LogP contribution in [0.1, 0.15) is 12.7 Å². The van der Waals surface area contributed by atoms with Crippen LogP contribution in [0.25, 0.3) is 0 Å². The third-order valence-corrected chi connectivity index (χ3v) is 2.59. The second kappa shape index (κ2) is 6.74. The molecule has 0 bridgehead atoms. The Balaban J connectivity index is 2.35. The van der Waals surface area contributed by atoms with Crippen molar-refractivity contribution in [1.29, 1.82) is 0 Å². The molecule has 1 aromatic heterocycles. The molecule has 0 aromatic carbocycles. The number of carboxylic acids is 1. The highest BCUT2D eigenvalue weighted by Gasteiger charge is 2.24. The first-order chi connectivity index (χ1) is 8.91. The first-order valence-electron chi connectivity index (χ1n) is 5.83. The Morgan fingerprint density at radius 1 is 1.53 bits per heavy atom. The number of aliphatic hydroxyl groups is 1. The monoisotopic (exact) mass is 270 g/mol. The highest BCUT2D eigenvalue weighted by Crippen LogP contribution is 1.95. The maximum atomic E-state index is 11.5. The topological polar surface area (TPSA) is 116 Å². The molecule has 0 saturated heterocycles. The van der Waals surface area contributed by atoms with E-state index in [0.29, 0.717) is 13.0 Å². The zero-order chi connectivity index (χ0) is 14.4. The third-order valence-electron chi connectivity index (χ3n) is 2.59. The molecule has 0 aliphatic carbocycles. The average molecular weight is 270 g/mol. The molecule has 0 saturated carbocycles. The number of aliphatic hydroxyl groups excluding tert-OH is 1. The number of imidazole rings is 1. The van der Waals surface area contributed by atoms with Gasteiger partial charge < -0.3 is 25.4 Å².